The topological polar surface area (TPSA) is 82.1 Å². The highest BCUT2D eigenvalue weighted by molar-refractivity contribution is 7.91. The molecule has 0 bridgehead atoms. The molecule has 1 amide bonds. The Morgan fingerprint density at radius 3 is 2.31 bits per heavy atom. The van der Waals surface area contributed by atoms with Crippen molar-refractivity contribution in [3.8, 4) is 17.2 Å². The summed E-state index contributed by atoms with van der Waals surface area (Å²) in [6, 6.07) is 12.1. The van der Waals surface area contributed by atoms with E-state index >= 15 is 0 Å². The summed E-state index contributed by atoms with van der Waals surface area (Å²) >= 11 is 0. The van der Waals surface area contributed by atoms with Crippen molar-refractivity contribution in [1.82, 2.24) is 4.90 Å². The summed E-state index contributed by atoms with van der Waals surface area (Å²) in [6.45, 7) is 5.00. The number of hydrogen-bond acceptors (Lipinski definition) is 6. The number of hydrogen-bond donors (Lipinski definition) is 0. The van der Waals surface area contributed by atoms with Crippen LogP contribution in [0, 0.1) is 5.92 Å². The highest BCUT2D eigenvalue weighted by atomic mass is 32.2. The summed E-state index contributed by atoms with van der Waals surface area (Å²) in [5.41, 5.74) is 1.32. The molecular formula is C24H31NO6S. The lowest BCUT2D eigenvalue weighted by Gasteiger charge is -2.29. The van der Waals surface area contributed by atoms with Gasteiger partial charge in [-0.25, -0.2) is 8.42 Å². The second kappa shape index (κ2) is 10.3. The molecule has 0 saturated carbocycles. The number of methoxy groups -OCH3 is 2. The molecule has 7 nitrogen and oxygen atoms in total. The highest BCUT2D eigenvalue weighted by Crippen LogP contribution is 2.30. The van der Waals surface area contributed by atoms with Gasteiger partial charge in [0.25, 0.3) is 5.91 Å². The molecule has 0 spiro atoms. The lowest BCUT2D eigenvalue weighted by molar-refractivity contribution is 0.0680. The molecule has 1 heterocycles. The smallest absolute Gasteiger partial charge is 0.254 e. The Hall–Kier alpha value is -2.74. The zero-order valence-electron chi connectivity index (χ0n) is 19.0. The first-order chi connectivity index (χ1) is 15.2. The molecule has 8 heteroatoms. The minimum atomic E-state index is -3.15. The summed E-state index contributed by atoms with van der Waals surface area (Å²) in [5.74, 6) is 2.11. The van der Waals surface area contributed by atoms with Crippen LogP contribution in [0.5, 0.6) is 17.2 Å². The normalized spacial score (nSPS) is 17.2. The zero-order valence-corrected chi connectivity index (χ0v) is 19.9. The first-order valence-corrected chi connectivity index (χ1v) is 12.5. The number of sulfone groups is 1. The Morgan fingerprint density at radius 2 is 1.75 bits per heavy atom. The van der Waals surface area contributed by atoms with Crippen molar-refractivity contribution in [2.24, 2.45) is 5.92 Å². The fraction of sp³-hybridized carbons (Fsp3) is 0.458. The van der Waals surface area contributed by atoms with Crippen molar-refractivity contribution in [2.75, 3.05) is 32.3 Å². The summed E-state index contributed by atoms with van der Waals surface area (Å²) in [6.07, 6.45) is 0.428. The van der Waals surface area contributed by atoms with Gasteiger partial charge in [0, 0.05) is 18.2 Å². The molecule has 0 aliphatic carbocycles. The van der Waals surface area contributed by atoms with Crippen LogP contribution in [0.4, 0.5) is 0 Å². The Morgan fingerprint density at radius 1 is 1.06 bits per heavy atom. The van der Waals surface area contributed by atoms with Crippen molar-refractivity contribution >= 4 is 15.7 Å². The van der Waals surface area contributed by atoms with Crippen molar-refractivity contribution in [3.05, 3.63) is 53.6 Å². The maximum absolute atomic E-state index is 13.4. The summed E-state index contributed by atoms with van der Waals surface area (Å²) in [4.78, 5) is 15.1. The van der Waals surface area contributed by atoms with E-state index in [4.69, 9.17) is 14.2 Å². The van der Waals surface area contributed by atoms with Crippen LogP contribution in [-0.2, 0) is 16.4 Å². The number of carbonyl (C=O) groups is 1. The van der Waals surface area contributed by atoms with E-state index < -0.39 is 9.84 Å². The Balaban J connectivity index is 1.85. The van der Waals surface area contributed by atoms with E-state index in [1.807, 2.05) is 12.1 Å². The number of benzene rings is 2. The molecule has 0 N–H and O–H groups in total. The minimum absolute atomic E-state index is 0.0262. The lowest BCUT2D eigenvalue weighted by Crippen LogP contribution is -2.40. The van der Waals surface area contributed by atoms with Gasteiger partial charge < -0.3 is 19.1 Å². The van der Waals surface area contributed by atoms with Crippen LogP contribution in [-0.4, -0.2) is 57.6 Å². The summed E-state index contributed by atoms with van der Waals surface area (Å²) in [5, 5.41) is 0. The third-order valence-corrected chi connectivity index (χ3v) is 7.15. The minimum Gasteiger partial charge on any atom is -0.493 e. The quantitative estimate of drug-likeness (QED) is 0.568. The maximum Gasteiger partial charge on any atom is 0.254 e. The van der Waals surface area contributed by atoms with Gasteiger partial charge in [-0.05, 0) is 54.3 Å². The summed E-state index contributed by atoms with van der Waals surface area (Å²) in [7, 11) is -0.0394. The molecule has 1 aliphatic rings. The van der Waals surface area contributed by atoms with Crippen LogP contribution in [0.25, 0.3) is 0 Å². The Labute approximate surface area is 190 Å². The van der Waals surface area contributed by atoms with E-state index in [2.05, 4.69) is 13.8 Å². The molecule has 32 heavy (non-hydrogen) atoms. The van der Waals surface area contributed by atoms with Crippen LogP contribution in [0.3, 0.4) is 0 Å². The van der Waals surface area contributed by atoms with Crippen molar-refractivity contribution in [3.63, 3.8) is 0 Å². The van der Waals surface area contributed by atoms with Gasteiger partial charge >= 0.3 is 0 Å². The molecule has 0 unspecified atom stereocenters. The number of ether oxygens (including phenoxy) is 3. The van der Waals surface area contributed by atoms with Crippen molar-refractivity contribution in [2.45, 2.75) is 32.9 Å². The van der Waals surface area contributed by atoms with Gasteiger partial charge in [0.05, 0.1) is 32.3 Å². The summed E-state index contributed by atoms with van der Waals surface area (Å²) < 4.78 is 40.6. The molecule has 3 rings (SSSR count). The SMILES string of the molecule is COc1ccc(CN(C(=O)c2ccc(OCC(C)C)cc2)[C@H]2CCS(=O)(=O)C2)cc1OC. The van der Waals surface area contributed by atoms with E-state index in [-0.39, 0.29) is 30.0 Å². The van der Waals surface area contributed by atoms with Crippen LogP contribution in [0.2, 0.25) is 0 Å². The maximum atomic E-state index is 13.4. The van der Waals surface area contributed by atoms with Gasteiger partial charge in [-0.2, -0.15) is 0 Å². The fourth-order valence-corrected chi connectivity index (χ4v) is 5.42. The number of amides is 1. The van der Waals surface area contributed by atoms with Gasteiger partial charge in [-0.1, -0.05) is 19.9 Å². The Bertz CT molecular complexity index is 1030. The fourth-order valence-electron chi connectivity index (χ4n) is 3.69. The van der Waals surface area contributed by atoms with Gasteiger partial charge in [-0.15, -0.1) is 0 Å². The average molecular weight is 462 g/mol. The first-order valence-electron chi connectivity index (χ1n) is 10.7. The second-order valence-corrected chi connectivity index (χ2v) is 10.6. The van der Waals surface area contributed by atoms with Crippen LogP contribution in [0.1, 0.15) is 36.2 Å². The monoisotopic (exact) mass is 461 g/mol. The van der Waals surface area contributed by atoms with Gasteiger partial charge in [-0.3, -0.25) is 4.79 Å². The van der Waals surface area contributed by atoms with E-state index in [1.165, 1.54) is 0 Å². The average Bonchev–Trinajstić information content (AvgIpc) is 3.15. The lowest BCUT2D eigenvalue weighted by atomic mass is 10.1. The van der Waals surface area contributed by atoms with E-state index in [0.717, 1.165) is 5.56 Å². The molecule has 174 valence electrons. The predicted octanol–water partition coefficient (Wildman–Crippen LogP) is 3.57. The number of rotatable bonds is 9. The van der Waals surface area contributed by atoms with Crippen molar-refractivity contribution < 1.29 is 27.4 Å². The van der Waals surface area contributed by atoms with Crippen LogP contribution in [0.15, 0.2) is 42.5 Å². The van der Waals surface area contributed by atoms with Gasteiger partial charge in [0.2, 0.25) is 0 Å². The largest absolute Gasteiger partial charge is 0.493 e. The standard InChI is InChI=1S/C24H31NO6S/c1-17(2)15-31-21-8-6-19(7-9-21)24(26)25(20-11-12-32(27,28)16-20)14-18-5-10-22(29-3)23(13-18)30-4/h5-10,13,17,20H,11-12,14-16H2,1-4H3/t20-/m0/s1. The van der Waals surface area contributed by atoms with E-state index in [9.17, 15) is 13.2 Å². The zero-order chi connectivity index (χ0) is 23.3. The third kappa shape index (κ3) is 5.94. The molecule has 0 aromatic heterocycles. The molecule has 0 radical (unpaired) electrons. The van der Waals surface area contributed by atoms with Gasteiger partial charge in [0.1, 0.15) is 5.75 Å². The van der Waals surface area contributed by atoms with E-state index in [1.54, 1.807) is 49.5 Å². The Kier molecular flexibility index (Phi) is 7.66. The molecule has 1 saturated heterocycles. The van der Waals surface area contributed by atoms with E-state index in [0.29, 0.717) is 41.8 Å². The predicted molar refractivity (Wildman–Crippen MR) is 123 cm³/mol. The number of carbonyl (C=O) groups excluding carboxylic acids is 1. The molecule has 1 fully saturated rings. The van der Waals surface area contributed by atoms with Gasteiger partial charge in [0.15, 0.2) is 21.3 Å². The van der Waals surface area contributed by atoms with Crippen LogP contribution < -0.4 is 14.2 Å². The molecular weight excluding hydrogens is 430 g/mol. The molecule has 2 aromatic rings. The molecule has 2 aromatic carbocycles. The second-order valence-electron chi connectivity index (χ2n) is 8.41. The molecule has 1 aliphatic heterocycles. The van der Waals surface area contributed by atoms with Crippen LogP contribution >= 0.6 is 0 Å². The molecule has 1 atom stereocenters. The first kappa shape index (κ1) is 23.9. The van der Waals surface area contributed by atoms with Crippen molar-refractivity contribution in [1.29, 1.82) is 0 Å². The third-order valence-electron chi connectivity index (χ3n) is 5.40. The highest BCUT2D eigenvalue weighted by Gasteiger charge is 2.35. The number of nitrogens with zero attached hydrogens (tertiary/aromatic N) is 1.